The van der Waals surface area contributed by atoms with Gasteiger partial charge in [0, 0.05) is 29.4 Å². The molecular formula is C24H26FNO6S2. The lowest BCUT2D eigenvalue weighted by Crippen LogP contribution is -2.19. The Kier molecular flexibility index (Phi) is 8.09. The quantitative estimate of drug-likeness (QED) is 0.376. The van der Waals surface area contributed by atoms with E-state index in [1.807, 2.05) is 13.8 Å². The summed E-state index contributed by atoms with van der Waals surface area (Å²) in [6.07, 6.45) is 1.35. The van der Waals surface area contributed by atoms with Gasteiger partial charge in [-0.25, -0.2) is 8.36 Å². The van der Waals surface area contributed by atoms with Crippen molar-refractivity contribution in [1.29, 1.82) is 0 Å². The molecule has 0 fully saturated rings. The molecule has 1 aromatic carbocycles. The molecule has 0 aliphatic heterocycles. The van der Waals surface area contributed by atoms with Crippen molar-refractivity contribution < 1.29 is 32.9 Å². The van der Waals surface area contributed by atoms with Crippen molar-refractivity contribution in [1.82, 2.24) is 3.97 Å². The van der Waals surface area contributed by atoms with Crippen LogP contribution in [0.2, 0.25) is 0 Å². The van der Waals surface area contributed by atoms with Crippen molar-refractivity contribution in [3.63, 3.8) is 0 Å². The lowest BCUT2D eigenvalue weighted by Gasteiger charge is -2.14. The second-order valence-electron chi connectivity index (χ2n) is 8.15. The van der Waals surface area contributed by atoms with Crippen LogP contribution in [0.15, 0.2) is 58.3 Å². The summed E-state index contributed by atoms with van der Waals surface area (Å²) in [5.41, 5.74) is 2.11. The Bertz CT molecular complexity index is 1260. The van der Waals surface area contributed by atoms with Crippen molar-refractivity contribution in [3.05, 3.63) is 71.1 Å². The van der Waals surface area contributed by atoms with Crippen LogP contribution in [0, 0.1) is 5.82 Å². The molecular weight excluding hydrogens is 481 g/mol. The zero-order chi connectivity index (χ0) is 25.0. The molecule has 0 radical (unpaired) electrons. The fourth-order valence-electron chi connectivity index (χ4n) is 3.67. The first kappa shape index (κ1) is 25.8. The van der Waals surface area contributed by atoms with Gasteiger partial charge in [0.2, 0.25) is 0 Å². The first-order valence-corrected chi connectivity index (χ1v) is 12.9. The Hall–Kier alpha value is -2.79. The van der Waals surface area contributed by atoms with Gasteiger partial charge in [-0.3, -0.25) is 4.79 Å². The summed E-state index contributed by atoms with van der Waals surface area (Å²) in [6, 6.07) is 8.81. The van der Waals surface area contributed by atoms with Gasteiger partial charge in [-0.15, -0.1) is 11.3 Å². The highest BCUT2D eigenvalue weighted by atomic mass is 32.2. The molecule has 182 valence electrons. The molecule has 0 unspecified atom stereocenters. The van der Waals surface area contributed by atoms with Gasteiger partial charge in [-0.2, -0.15) is 8.42 Å². The fraction of sp³-hybridized carbons (Fsp3) is 0.292. The maximum Gasteiger partial charge on any atom is 0.305 e. The molecule has 0 saturated carbocycles. The second-order valence-corrected chi connectivity index (χ2v) is 11.1. The Morgan fingerprint density at radius 2 is 1.85 bits per heavy atom. The largest absolute Gasteiger partial charge is 0.481 e. The van der Waals surface area contributed by atoms with Crippen LogP contribution in [0.5, 0.6) is 0 Å². The predicted molar refractivity (Wildman–Crippen MR) is 129 cm³/mol. The van der Waals surface area contributed by atoms with Crippen molar-refractivity contribution in [2.45, 2.75) is 49.0 Å². The number of nitrogens with zero attached hydrogens (tertiary/aromatic N) is 1. The minimum Gasteiger partial charge on any atom is -0.481 e. The summed E-state index contributed by atoms with van der Waals surface area (Å²) in [5.74, 6) is -1.85. The molecule has 2 atom stereocenters. The minimum absolute atomic E-state index is 0.169. The van der Waals surface area contributed by atoms with E-state index in [1.165, 1.54) is 34.4 Å². The van der Waals surface area contributed by atoms with Gasteiger partial charge < -0.3 is 15.3 Å². The molecule has 34 heavy (non-hydrogen) atoms. The molecule has 0 amide bonds. The molecule has 3 rings (SSSR count). The minimum atomic E-state index is -3.90. The van der Waals surface area contributed by atoms with E-state index < -0.39 is 40.4 Å². The summed E-state index contributed by atoms with van der Waals surface area (Å²) in [4.78, 5) is 10.8. The Morgan fingerprint density at radius 3 is 2.41 bits per heavy atom. The zero-order valence-corrected chi connectivity index (χ0v) is 20.3. The third-order valence-electron chi connectivity index (χ3n) is 5.17. The van der Waals surface area contributed by atoms with E-state index in [0.29, 0.717) is 22.4 Å². The molecule has 10 heteroatoms. The normalized spacial score (nSPS) is 14.1. The molecule has 0 spiro atoms. The van der Waals surface area contributed by atoms with E-state index in [-0.39, 0.29) is 16.5 Å². The predicted octanol–water partition coefficient (Wildman–Crippen LogP) is 4.32. The van der Waals surface area contributed by atoms with Gasteiger partial charge in [-0.05, 0) is 35.1 Å². The average molecular weight is 508 g/mol. The van der Waals surface area contributed by atoms with E-state index in [1.54, 1.807) is 29.7 Å². The Morgan fingerprint density at radius 1 is 1.18 bits per heavy atom. The number of halogens is 1. The van der Waals surface area contributed by atoms with Gasteiger partial charge in [0.15, 0.2) is 0 Å². The number of carboxylic acids is 1. The van der Waals surface area contributed by atoms with Gasteiger partial charge in [0.25, 0.3) is 10.0 Å². The number of hydrogen-bond acceptors (Lipinski definition) is 6. The number of hydrogen-bond donors (Lipinski definition) is 3. The summed E-state index contributed by atoms with van der Waals surface area (Å²) in [6.45, 7) is 3.68. The second kappa shape index (κ2) is 10.6. The van der Waals surface area contributed by atoms with Crippen LogP contribution >= 0.6 is 11.3 Å². The molecule has 2 heterocycles. The van der Waals surface area contributed by atoms with Crippen LogP contribution in [-0.4, -0.2) is 45.9 Å². The molecule has 7 nitrogen and oxygen atoms in total. The van der Waals surface area contributed by atoms with Crippen LogP contribution < -0.4 is 0 Å². The Labute approximate surface area is 201 Å². The summed E-state index contributed by atoms with van der Waals surface area (Å²) < 4.78 is 41.7. The van der Waals surface area contributed by atoms with Crippen LogP contribution in [0.3, 0.4) is 0 Å². The Balaban J connectivity index is 2.13. The molecule has 2 aromatic heterocycles. The SMILES string of the molecule is CC(C)c1c(C=C[C@@H](O)C[C@@H](O)CC(=O)O)c(-c2ccc(F)cc2)cn1S(=O)(=O)c1cccs1. The van der Waals surface area contributed by atoms with Crippen molar-refractivity contribution in [2.24, 2.45) is 0 Å². The van der Waals surface area contributed by atoms with Crippen molar-refractivity contribution in [3.8, 4) is 11.1 Å². The third kappa shape index (κ3) is 5.82. The lowest BCUT2D eigenvalue weighted by atomic mass is 9.97. The van der Waals surface area contributed by atoms with Gasteiger partial charge in [-0.1, -0.05) is 44.2 Å². The number of aromatic nitrogens is 1. The van der Waals surface area contributed by atoms with Crippen LogP contribution in [0.25, 0.3) is 17.2 Å². The smallest absolute Gasteiger partial charge is 0.305 e. The van der Waals surface area contributed by atoms with Crippen molar-refractivity contribution in [2.75, 3.05) is 0 Å². The van der Waals surface area contributed by atoms with Gasteiger partial charge in [0.05, 0.1) is 18.6 Å². The fourth-order valence-corrected chi connectivity index (χ4v) is 6.27. The highest BCUT2D eigenvalue weighted by molar-refractivity contribution is 7.92. The highest BCUT2D eigenvalue weighted by Gasteiger charge is 2.27. The number of benzene rings is 1. The zero-order valence-electron chi connectivity index (χ0n) is 18.6. The van der Waals surface area contributed by atoms with Crippen molar-refractivity contribution >= 4 is 33.4 Å². The van der Waals surface area contributed by atoms with E-state index in [9.17, 15) is 27.8 Å². The molecule has 0 saturated heterocycles. The number of carbonyl (C=O) groups is 1. The van der Waals surface area contributed by atoms with E-state index in [0.717, 1.165) is 11.3 Å². The number of carboxylic acid groups (broad SMARTS) is 1. The first-order valence-electron chi connectivity index (χ1n) is 10.6. The van der Waals surface area contributed by atoms with Gasteiger partial charge >= 0.3 is 5.97 Å². The molecule has 3 N–H and O–H groups in total. The standard InChI is InChI=1S/C24H26FNO6S2/c1-15(2)24-20(10-9-18(27)12-19(28)13-22(29)30)21(16-5-7-17(25)8-6-16)14-26(24)34(31,32)23-4-3-11-33-23/h3-11,14-15,18-19,27-28H,12-13H2,1-2H3,(H,29,30)/t18-,19-/m1/s1. The maximum absolute atomic E-state index is 13.5. The van der Waals surface area contributed by atoms with Crippen LogP contribution in [0.4, 0.5) is 4.39 Å². The molecule has 0 aliphatic rings. The first-order chi connectivity index (χ1) is 16.0. The van der Waals surface area contributed by atoms with E-state index in [4.69, 9.17) is 5.11 Å². The summed E-state index contributed by atoms with van der Waals surface area (Å²) >= 11 is 1.10. The summed E-state index contributed by atoms with van der Waals surface area (Å²) in [5, 5.41) is 30.6. The topological polar surface area (TPSA) is 117 Å². The number of thiophene rings is 1. The molecule has 0 aliphatic carbocycles. The number of rotatable bonds is 10. The van der Waals surface area contributed by atoms with Crippen LogP contribution in [-0.2, 0) is 14.8 Å². The number of aliphatic hydroxyl groups excluding tert-OH is 2. The number of aliphatic hydroxyl groups is 2. The third-order valence-corrected chi connectivity index (χ3v) is 8.22. The monoisotopic (exact) mass is 507 g/mol. The van der Waals surface area contributed by atoms with E-state index >= 15 is 0 Å². The number of aliphatic carboxylic acids is 1. The summed E-state index contributed by atoms with van der Waals surface area (Å²) in [7, 11) is -3.90. The highest BCUT2D eigenvalue weighted by Crippen LogP contribution is 2.36. The van der Waals surface area contributed by atoms with Crippen LogP contribution in [0.1, 0.15) is 43.9 Å². The average Bonchev–Trinajstić information content (AvgIpc) is 3.41. The van der Waals surface area contributed by atoms with E-state index in [2.05, 4.69) is 0 Å². The van der Waals surface area contributed by atoms with Gasteiger partial charge in [0.1, 0.15) is 10.0 Å². The maximum atomic E-state index is 13.5. The molecule has 3 aromatic rings. The lowest BCUT2D eigenvalue weighted by molar-refractivity contribution is -0.139. The molecule has 0 bridgehead atoms.